The van der Waals surface area contributed by atoms with E-state index in [-0.39, 0.29) is 5.92 Å². The number of rotatable bonds is 5. The van der Waals surface area contributed by atoms with Gasteiger partial charge in [-0.05, 0) is 36.3 Å². The number of benzene rings is 1. The highest BCUT2D eigenvalue weighted by atomic mass is 16.4. The molecule has 0 amide bonds. The van der Waals surface area contributed by atoms with Crippen LogP contribution in [0.25, 0.3) is 0 Å². The van der Waals surface area contributed by atoms with Gasteiger partial charge < -0.3 is 5.11 Å². The summed E-state index contributed by atoms with van der Waals surface area (Å²) < 4.78 is 0. The smallest absolute Gasteiger partial charge is 0.309 e. The summed E-state index contributed by atoms with van der Waals surface area (Å²) in [6, 6.07) is 8.31. The van der Waals surface area contributed by atoms with Crippen molar-refractivity contribution in [2.24, 2.45) is 11.3 Å². The van der Waals surface area contributed by atoms with Crippen molar-refractivity contribution < 1.29 is 9.90 Å². The average Bonchev–Trinajstić information content (AvgIpc) is 2.29. The predicted octanol–water partition coefficient (Wildman–Crippen LogP) is 4.10. The van der Waals surface area contributed by atoms with E-state index in [4.69, 9.17) is 0 Å². The summed E-state index contributed by atoms with van der Waals surface area (Å²) >= 11 is 0. The molecule has 0 aliphatic heterocycles. The molecular formula is C16H24O2. The standard InChI is InChI=1S/C16H24O2/c1-11(2)14-8-6-13(7-9-14)10-16(5,12(3)4)15(17)18/h6-9,11-12H,10H2,1-5H3,(H,17,18). The van der Waals surface area contributed by atoms with Gasteiger partial charge in [0.2, 0.25) is 0 Å². The lowest BCUT2D eigenvalue weighted by Gasteiger charge is -2.29. The molecule has 0 spiro atoms. The summed E-state index contributed by atoms with van der Waals surface area (Å²) in [6.45, 7) is 10.1. The fourth-order valence-corrected chi connectivity index (χ4v) is 1.97. The molecule has 0 radical (unpaired) electrons. The van der Waals surface area contributed by atoms with E-state index in [0.717, 1.165) is 5.56 Å². The molecule has 1 unspecified atom stereocenters. The van der Waals surface area contributed by atoms with Crippen molar-refractivity contribution in [1.29, 1.82) is 0 Å². The predicted molar refractivity (Wildman–Crippen MR) is 74.8 cm³/mol. The molecule has 0 aliphatic carbocycles. The number of aliphatic carboxylic acids is 1. The molecule has 0 heterocycles. The topological polar surface area (TPSA) is 37.3 Å². The minimum Gasteiger partial charge on any atom is -0.481 e. The molecule has 1 N–H and O–H groups in total. The van der Waals surface area contributed by atoms with Gasteiger partial charge in [0.05, 0.1) is 5.41 Å². The van der Waals surface area contributed by atoms with Crippen LogP contribution in [0.1, 0.15) is 51.7 Å². The molecular weight excluding hydrogens is 224 g/mol. The summed E-state index contributed by atoms with van der Waals surface area (Å²) in [5, 5.41) is 9.41. The maximum absolute atomic E-state index is 11.4. The molecule has 1 atom stereocenters. The first kappa shape index (κ1) is 14.7. The third kappa shape index (κ3) is 3.12. The maximum Gasteiger partial charge on any atom is 0.309 e. The maximum atomic E-state index is 11.4. The van der Waals surface area contributed by atoms with E-state index in [9.17, 15) is 9.90 Å². The Morgan fingerprint density at radius 3 is 2.00 bits per heavy atom. The van der Waals surface area contributed by atoms with Crippen molar-refractivity contribution in [2.45, 2.75) is 47.0 Å². The second-order valence-corrected chi connectivity index (χ2v) is 5.95. The molecule has 2 heteroatoms. The monoisotopic (exact) mass is 248 g/mol. The van der Waals surface area contributed by atoms with Crippen LogP contribution in [-0.4, -0.2) is 11.1 Å². The third-order valence-electron chi connectivity index (χ3n) is 3.98. The molecule has 18 heavy (non-hydrogen) atoms. The largest absolute Gasteiger partial charge is 0.481 e. The number of carboxylic acid groups (broad SMARTS) is 1. The summed E-state index contributed by atoms with van der Waals surface area (Å²) in [4.78, 5) is 11.4. The number of carbonyl (C=O) groups is 1. The van der Waals surface area contributed by atoms with Gasteiger partial charge in [-0.2, -0.15) is 0 Å². The van der Waals surface area contributed by atoms with Crippen molar-refractivity contribution >= 4 is 5.97 Å². The van der Waals surface area contributed by atoms with Gasteiger partial charge in [-0.1, -0.05) is 52.0 Å². The first-order chi connectivity index (χ1) is 8.27. The zero-order valence-corrected chi connectivity index (χ0v) is 12.0. The second-order valence-electron chi connectivity index (χ2n) is 5.95. The molecule has 0 aliphatic rings. The molecule has 1 aromatic carbocycles. The Kier molecular flexibility index (Phi) is 4.55. The highest BCUT2D eigenvalue weighted by Gasteiger charge is 2.36. The zero-order valence-electron chi connectivity index (χ0n) is 12.0. The first-order valence-corrected chi connectivity index (χ1v) is 6.59. The zero-order chi connectivity index (χ0) is 13.9. The van der Waals surface area contributed by atoms with Gasteiger partial charge in [0, 0.05) is 0 Å². The van der Waals surface area contributed by atoms with Gasteiger partial charge in [-0.15, -0.1) is 0 Å². The molecule has 2 nitrogen and oxygen atoms in total. The van der Waals surface area contributed by atoms with Gasteiger partial charge in [-0.25, -0.2) is 0 Å². The van der Waals surface area contributed by atoms with Crippen LogP contribution in [-0.2, 0) is 11.2 Å². The van der Waals surface area contributed by atoms with Gasteiger partial charge in [0.25, 0.3) is 0 Å². The Bertz CT molecular complexity index is 404. The molecule has 1 aromatic rings. The van der Waals surface area contributed by atoms with Crippen molar-refractivity contribution in [3.05, 3.63) is 35.4 Å². The molecule has 0 saturated heterocycles. The Balaban J connectivity index is 2.92. The Labute approximate surface area is 110 Å². The van der Waals surface area contributed by atoms with Crippen molar-refractivity contribution in [3.8, 4) is 0 Å². The van der Waals surface area contributed by atoms with E-state index in [2.05, 4.69) is 38.1 Å². The van der Waals surface area contributed by atoms with E-state index in [0.29, 0.717) is 12.3 Å². The fourth-order valence-electron chi connectivity index (χ4n) is 1.97. The third-order valence-corrected chi connectivity index (χ3v) is 3.98. The molecule has 0 bridgehead atoms. The lowest BCUT2D eigenvalue weighted by Crippen LogP contribution is -2.35. The van der Waals surface area contributed by atoms with Crippen LogP contribution in [0.3, 0.4) is 0 Å². The van der Waals surface area contributed by atoms with Crippen LogP contribution in [0.5, 0.6) is 0 Å². The molecule has 0 saturated carbocycles. The minimum atomic E-state index is -0.717. The van der Waals surface area contributed by atoms with Gasteiger partial charge in [0.1, 0.15) is 0 Å². The lowest BCUT2D eigenvalue weighted by atomic mass is 9.74. The summed E-state index contributed by atoms with van der Waals surface area (Å²) in [5.41, 5.74) is 1.69. The van der Waals surface area contributed by atoms with E-state index in [1.807, 2.05) is 20.8 Å². The van der Waals surface area contributed by atoms with Gasteiger partial charge in [-0.3, -0.25) is 4.79 Å². The van der Waals surface area contributed by atoms with Crippen molar-refractivity contribution in [2.75, 3.05) is 0 Å². The Morgan fingerprint density at radius 2 is 1.67 bits per heavy atom. The Morgan fingerprint density at radius 1 is 1.17 bits per heavy atom. The van der Waals surface area contributed by atoms with Gasteiger partial charge in [0.15, 0.2) is 0 Å². The number of hydrogen-bond donors (Lipinski definition) is 1. The van der Waals surface area contributed by atoms with Gasteiger partial charge >= 0.3 is 5.97 Å². The average molecular weight is 248 g/mol. The normalized spacial score (nSPS) is 14.8. The van der Waals surface area contributed by atoms with Crippen LogP contribution >= 0.6 is 0 Å². The summed E-state index contributed by atoms with van der Waals surface area (Å²) in [6.07, 6.45) is 0.582. The van der Waals surface area contributed by atoms with Crippen LogP contribution in [0, 0.1) is 11.3 Å². The van der Waals surface area contributed by atoms with E-state index in [1.165, 1.54) is 5.56 Å². The number of hydrogen-bond acceptors (Lipinski definition) is 1. The summed E-state index contributed by atoms with van der Waals surface area (Å²) in [5.74, 6) is -0.0970. The van der Waals surface area contributed by atoms with Crippen molar-refractivity contribution in [1.82, 2.24) is 0 Å². The highest BCUT2D eigenvalue weighted by Crippen LogP contribution is 2.32. The van der Waals surface area contributed by atoms with Crippen molar-refractivity contribution in [3.63, 3.8) is 0 Å². The SMILES string of the molecule is CC(C)c1ccc(CC(C)(C(=O)O)C(C)C)cc1. The van der Waals surface area contributed by atoms with E-state index >= 15 is 0 Å². The lowest BCUT2D eigenvalue weighted by molar-refractivity contribution is -0.150. The van der Waals surface area contributed by atoms with E-state index < -0.39 is 11.4 Å². The highest BCUT2D eigenvalue weighted by molar-refractivity contribution is 5.75. The fraction of sp³-hybridized carbons (Fsp3) is 0.562. The van der Waals surface area contributed by atoms with Crippen LogP contribution < -0.4 is 0 Å². The Hall–Kier alpha value is -1.31. The first-order valence-electron chi connectivity index (χ1n) is 6.59. The van der Waals surface area contributed by atoms with E-state index in [1.54, 1.807) is 0 Å². The summed E-state index contributed by atoms with van der Waals surface area (Å²) in [7, 11) is 0. The molecule has 1 rings (SSSR count). The minimum absolute atomic E-state index is 0.111. The second kappa shape index (κ2) is 5.55. The molecule has 0 fully saturated rings. The quantitative estimate of drug-likeness (QED) is 0.851. The van der Waals surface area contributed by atoms with Crippen LogP contribution in [0.2, 0.25) is 0 Å². The van der Waals surface area contributed by atoms with Crippen LogP contribution in [0.4, 0.5) is 0 Å². The molecule has 0 aromatic heterocycles. The molecule has 100 valence electrons. The van der Waals surface area contributed by atoms with Crippen LogP contribution in [0.15, 0.2) is 24.3 Å². The number of carboxylic acids is 1.